The molecular weight excluding hydrogens is 374 g/mol. The van der Waals surface area contributed by atoms with Crippen molar-refractivity contribution in [2.75, 3.05) is 0 Å². The Balaban J connectivity index is 1.62. The predicted octanol–water partition coefficient (Wildman–Crippen LogP) is 6.15. The van der Waals surface area contributed by atoms with Gasteiger partial charge in [-0.15, -0.1) is 0 Å². The lowest BCUT2D eigenvalue weighted by molar-refractivity contribution is 0.702. The van der Waals surface area contributed by atoms with Gasteiger partial charge in [-0.3, -0.25) is 0 Å². The molecule has 0 fully saturated rings. The van der Waals surface area contributed by atoms with Gasteiger partial charge in [0.25, 0.3) is 0 Å². The maximum atomic E-state index is 2.48. The molecule has 31 heavy (non-hydrogen) atoms. The van der Waals surface area contributed by atoms with Gasteiger partial charge in [0.15, 0.2) is 0 Å². The monoisotopic (exact) mass is 403 g/mol. The number of hydrogen-bond acceptors (Lipinski definition) is 0. The standard InChI is InChI=1S/C30H29N/c1-22-8-6-12-27-28-13-7-9-23(2)21-30(28)31(29(27)20-22)26-18-16-25(17-19-26)15-14-24-10-4-3-5-11-24/h3-6,8,10-11,13-21,23H,7,9,12H2,1-2H3/b15-14+. The van der Waals surface area contributed by atoms with E-state index in [4.69, 9.17) is 0 Å². The number of hydrogen-bond donors (Lipinski definition) is 0. The minimum atomic E-state index is 0.587. The van der Waals surface area contributed by atoms with Gasteiger partial charge in [0, 0.05) is 11.0 Å². The molecule has 2 aliphatic rings. The van der Waals surface area contributed by atoms with Gasteiger partial charge >= 0.3 is 0 Å². The molecule has 1 heteroatoms. The fourth-order valence-corrected chi connectivity index (χ4v) is 4.68. The molecule has 1 heterocycles. The fourth-order valence-electron chi connectivity index (χ4n) is 4.68. The van der Waals surface area contributed by atoms with Gasteiger partial charge in [0.1, 0.15) is 0 Å². The average molecular weight is 404 g/mol. The van der Waals surface area contributed by atoms with Crippen molar-refractivity contribution in [3.8, 4) is 5.69 Å². The summed E-state index contributed by atoms with van der Waals surface area (Å²) in [5, 5.41) is 2.80. The Kier molecular flexibility index (Phi) is 5.34. The van der Waals surface area contributed by atoms with Crippen LogP contribution in [0.5, 0.6) is 0 Å². The number of aromatic nitrogens is 1. The van der Waals surface area contributed by atoms with Gasteiger partial charge in [0.05, 0.1) is 5.69 Å². The molecule has 0 saturated heterocycles. The van der Waals surface area contributed by atoms with Crippen molar-refractivity contribution in [3.05, 3.63) is 105 Å². The second kappa shape index (κ2) is 8.43. The molecule has 0 aliphatic heterocycles. The van der Waals surface area contributed by atoms with Crippen LogP contribution >= 0.6 is 0 Å². The zero-order chi connectivity index (χ0) is 21.2. The van der Waals surface area contributed by atoms with Crippen LogP contribution in [0.25, 0.3) is 36.1 Å². The van der Waals surface area contributed by atoms with E-state index in [1.807, 2.05) is 0 Å². The van der Waals surface area contributed by atoms with Crippen LogP contribution in [0.15, 0.2) is 72.3 Å². The van der Waals surface area contributed by atoms with Gasteiger partial charge in [-0.1, -0.05) is 85.8 Å². The van der Waals surface area contributed by atoms with E-state index >= 15 is 0 Å². The number of nitrogens with zero attached hydrogens (tertiary/aromatic N) is 1. The van der Waals surface area contributed by atoms with E-state index < -0.39 is 0 Å². The highest BCUT2D eigenvalue weighted by Crippen LogP contribution is 2.22. The lowest BCUT2D eigenvalue weighted by Gasteiger charge is -2.11. The first-order valence-corrected chi connectivity index (χ1v) is 11.3. The number of rotatable bonds is 3. The molecule has 2 aliphatic carbocycles. The third-order valence-corrected chi connectivity index (χ3v) is 6.29. The quantitative estimate of drug-likeness (QED) is 0.462. The Morgan fingerprint density at radius 3 is 2.45 bits per heavy atom. The normalized spacial score (nSPS) is 17.7. The van der Waals surface area contributed by atoms with Crippen LogP contribution < -0.4 is 10.6 Å². The first-order chi connectivity index (χ1) is 15.2. The molecule has 3 aromatic rings. The number of benzene rings is 2. The summed E-state index contributed by atoms with van der Waals surface area (Å²) in [6, 6.07) is 19.4. The molecule has 0 saturated carbocycles. The number of allylic oxidation sites excluding steroid dienone is 3. The molecule has 0 radical (unpaired) electrons. The van der Waals surface area contributed by atoms with Crippen LogP contribution in [0.4, 0.5) is 0 Å². The Labute approximate surface area is 185 Å². The van der Waals surface area contributed by atoms with Gasteiger partial charge < -0.3 is 4.57 Å². The maximum absolute atomic E-state index is 2.48. The molecule has 5 rings (SSSR count). The van der Waals surface area contributed by atoms with Crippen LogP contribution in [0, 0.1) is 5.92 Å². The van der Waals surface area contributed by atoms with Crippen molar-refractivity contribution in [2.45, 2.75) is 33.1 Å². The van der Waals surface area contributed by atoms with Crippen LogP contribution in [-0.4, -0.2) is 4.57 Å². The molecule has 1 atom stereocenters. The van der Waals surface area contributed by atoms with E-state index in [2.05, 4.69) is 116 Å². The lowest BCUT2D eigenvalue weighted by atomic mass is 10.1. The highest BCUT2D eigenvalue weighted by atomic mass is 15.0. The van der Waals surface area contributed by atoms with E-state index in [1.54, 1.807) is 0 Å². The summed E-state index contributed by atoms with van der Waals surface area (Å²) in [6.07, 6.45) is 19.6. The minimum Gasteiger partial charge on any atom is -0.310 e. The third-order valence-electron chi connectivity index (χ3n) is 6.29. The molecule has 1 nitrogen and oxygen atoms in total. The fraction of sp³-hybridized carbons (Fsp3) is 0.200. The second-order valence-electron chi connectivity index (χ2n) is 8.75. The van der Waals surface area contributed by atoms with Crippen LogP contribution in [0.2, 0.25) is 0 Å². The summed E-state index contributed by atoms with van der Waals surface area (Å²) >= 11 is 0. The molecular formula is C30H29N. The van der Waals surface area contributed by atoms with Crippen molar-refractivity contribution < 1.29 is 0 Å². The Morgan fingerprint density at radius 1 is 0.935 bits per heavy atom. The van der Waals surface area contributed by atoms with Crippen molar-refractivity contribution in [3.63, 3.8) is 0 Å². The van der Waals surface area contributed by atoms with E-state index in [9.17, 15) is 0 Å². The lowest BCUT2D eigenvalue weighted by Crippen LogP contribution is -2.29. The van der Waals surface area contributed by atoms with Crippen molar-refractivity contribution in [2.24, 2.45) is 5.92 Å². The smallest absolute Gasteiger partial charge is 0.0506 e. The SMILES string of the molecule is CC1=Cc2c(c3c(n2-c2ccc(/C=C/c4ccccc4)cc2)=CC(C)CCC=3)CC=C1. The third kappa shape index (κ3) is 4.01. The molecule has 1 aromatic heterocycles. The minimum absolute atomic E-state index is 0.587. The highest BCUT2D eigenvalue weighted by Gasteiger charge is 2.17. The highest BCUT2D eigenvalue weighted by molar-refractivity contribution is 5.70. The van der Waals surface area contributed by atoms with Crippen molar-refractivity contribution in [1.29, 1.82) is 0 Å². The topological polar surface area (TPSA) is 4.93 Å². The summed E-state index contributed by atoms with van der Waals surface area (Å²) in [7, 11) is 0. The molecule has 154 valence electrons. The summed E-state index contributed by atoms with van der Waals surface area (Å²) in [5.41, 5.74) is 7.78. The zero-order valence-electron chi connectivity index (χ0n) is 18.4. The van der Waals surface area contributed by atoms with E-state index in [-0.39, 0.29) is 0 Å². The Morgan fingerprint density at radius 2 is 1.68 bits per heavy atom. The molecule has 0 amide bonds. The first-order valence-electron chi connectivity index (χ1n) is 11.3. The summed E-state index contributed by atoms with van der Waals surface area (Å²) < 4.78 is 2.48. The largest absolute Gasteiger partial charge is 0.310 e. The molecule has 0 spiro atoms. The Bertz CT molecular complexity index is 1300. The van der Waals surface area contributed by atoms with Gasteiger partial charge in [0.2, 0.25) is 0 Å². The van der Waals surface area contributed by atoms with Gasteiger partial charge in [-0.05, 0) is 77.8 Å². The van der Waals surface area contributed by atoms with Crippen LogP contribution in [-0.2, 0) is 6.42 Å². The van der Waals surface area contributed by atoms with Crippen molar-refractivity contribution >= 4 is 30.4 Å². The summed E-state index contributed by atoms with van der Waals surface area (Å²) in [5.74, 6) is 0.587. The summed E-state index contributed by atoms with van der Waals surface area (Å²) in [4.78, 5) is 0. The van der Waals surface area contributed by atoms with Gasteiger partial charge in [-0.2, -0.15) is 0 Å². The van der Waals surface area contributed by atoms with E-state index in [0.717, 1.165) is 12.8 Å². The Hall–Kier alpha value is -3.32. The summed E-state index contributed by atoms with van der Waals surface area (Å²) in [6.45, 7) is 4.53. The number of fused-ring (bicyclic) bond motifs is 3. The van der Waals surface area contributed by atoms with Crippen LogP contribution in [0.1, 0.15) is 49.1 Å². The van der Waals surface area contributed by atoms with E-state index in [1.165, 1.54) is 50.6 Å². The maximum Gasteiger partial charge on any atom is 0.0506 e. The molecule has 1 unspecified atom stereocenters. The zero-order valence-corrected chi connectivity index (χ0v) is 18.4. The molecule has 2 aromatic carbocycles. The van der Waals surface area contributed by atoms with Crippen LogP contribution in [0.3, 0.4) is 0 Å². The molecule has 0 N–H and O–H groups in total. The van der Waals surface area contributed by atoms with Crippen molar-refractivity contribution in [1.82, 2.24) is 4.57 Å². The van der Waals surface area contributed by atoms with Gasteiger partial charge in [-0.25, -0.2) is 0 Å². The first kappa shape index (κ1) is 19.6. The average Bonchev–Trinajstić information content (AvgIpc) is 2.93. The predicted molar refractivity (Wildman–Crippen MR) is 134 cm³/mol. The van der Waals surface area contributed by atoms with E-state index in [0.29, 0.717) is 5.92 Å². The molecule has 0 bridgehead atoms. The second-order valence-corrected chi connectivity index (χ2v) is 8.75.